The summed E-state index contributed by atoms with van der Waals surface area (Å²) >= 11 is 0. The molecule has 0 radical (unpaired) electrons. The molecule has 8 heavy (non-hydrogen) atoms. The van der Waals surface area contributed by atoms with Crippen LogP contribution >= 0.6 is 0 Å². The number of rotatable bonds is 1. The van der Waals surface area contributed by atoms with E-state index in [1.165, 1.54) is 13.1 Å². The molecule has 3 nitrogen and oxygen atoms in total. The summed E-state index contributed by atoms with van der Waals surface area (Å²) in [6, 6.07) is 0. The van der Waals surface area contributed by atoms with Crippen LogP contribution < -0.4 is 0 Å². The third-order valence-corrected chi connectivity index (χ3v) is 0.450. The summed E-state index contributed by atoms with van der Waals surface area (Å²) in [7, 11) is 1.21. The van der Waals surface area contributed by atoms with E-state index >= 15 is 0 Å². The van der Waals surface area contributed by atoms with Gasteiger partial charge in [-0.25, -0.2) is 9.59 Å². The van der Waals surface area contributed by atoms with Gasteiger partial charge in [0.15, 0.2) is 5.94 Å². The van der Waals surface area contributed by atoms with Crippen molar-refractivity contribution in [3.05, 3.63) is 11.8 Å². The molecule has 0 rings (SSSR count). The van der Waals surface area contributed by atoms with Gasteiger partial charge in [0.2, 0.25) is 0 Å². The van der Waals surface area contributed by atoms with E-state index in [1.54, 1.807) is 0 Å². The fourth-order valence-electron chi connectivity index (χ4n) is 0.147. The fourth-order valence-corrected chi connectivity index (χ4v) is 0.147. The lowest BCUT2D eigenvalue weighted by Gasteiger charge is -1.82. The van der Waals surface area contributed by atoms with Crippen LogP contribution in [0.2, 0.25) is 0 Å². The third kappa shape index (κ3) is 2.91. The van der Waals surface area contributed by atoms with E-state index in [4.69, 9.17) is 0 Å². The Labute approximate surface area is 46.3 Å². The molecule has 0 unspecified atom stereocenters. The summed E-state index contributed by atoms with van der Waals surface area (Å²) in [5.74, 6) is 0.673. The van der Waals surface area contributed by atoms with Gasteiger partial charge in [0.25, 0.3) is 0 Å². The van der Waals surface area contributed by atoms with Crippen molar-refractivity contribution in [2.24, 2.45) is 0 Å². The SMILES string of the molecule is COC(=O)C=C=C=O. The lowest BCUT2D eigenvalue weighted by atomic mass is 10.6. The molecule has 0 aromatic heterocycles. The lowest BCUT2D eigenvalue weighted by molar-refractivity contribution is -0.134. The van der Waals surface area contributed by atoms with Gasteiger partial charge in [0.1, 0.15) is 0 Å². The first-order valence-electron chi connectivity index (χ1n) is 1.85. The molecule has 42 valence electrons. The normalized spacial score (nSPS) is 6.12. The molecule has 0 saturated heterocycles. The highest BCUT2D eigenvalue weighted by Gasteiger charge is 1.85. The molecular weight excluding hydrogens is 108 g/mol. The lowest BCUT2D eigenvalue weighted by Crippen LogP contribution is -1.91. The molecule has 0 aromatic carbocycles. The summed E-state index contributed by atoms with van der Waals surface area (Å²) in [5, 5.41) is 0. The highest BCUT2D eigenvalue weighted by atomic mass is 16.5. The number of carbonyl (C=O) groups is 1. The molecule has 3 heteroatoms. The molecule has 0 N–H and O–H groups in total. The van der Waals surface area contributed by atoms with E-state index in [0.717, 1.165) is 6.08 Å². The molecule has 0 fully saturated rings. The Morgan fingerprint density at radius 3 is 2.75 bits per heavy atom. The number of ether oxygens (including phenoxy) is 1. The maximum Gasteiger partial charge on any atom is 0.339 e. The Morgan fingerprint density at radius 1 is 1.75 bits per heavy atom. The summed E-state index contributed by atoms with van der Waals surface area (Å²) in [6.45, 7) is 0. The van der Waals surface area contributed by atoms with Gasteiger partial charge in [0.05, 0.1) is 13.2 Å². The molecule has 0 aliphatic rings. The molecule has 0 aromatic rings. The van der Waals surface area contributed by atoms with Crippen LogP contribution in [-0.4, -0.2) is 19.0 Å². The Bertz CT molecular complexity index is 159. The zero-order valence-corrected chi connectivity index (χ0v) is 4.30. The highest BCUT2D eigenvalue weighted by Crippen LogP contribution is 1.69. The van der Waals surface area contributed by atoms with Crippen molar-refractivity contribution >= 4 is 11.9 Å². The Kier molecular flexibility index (Phi) is 3.25. The quantitative estimate of drug-likeness (QED) is 0.202. The van der Waals surface area contributed by atoms with Crippen LogP contribution in [0.15, 0.2) is 11.8 Å². The molecule has 0 bridgehead atoms. The van der Waals surface area contributed by atoms with E-state index < -0.39 is 5.97 Å². The summed E-state index contributed by atoms with van der Waals surface area (Å²) < 4.78 is 4.12. The van der Waals surface area contributed by atoms with E-state index in [9.17, 15) is 9.59 Å². The number of hydrogen-bond donors (Lipinski definition) is 0. The molecule has 0 heterocycles. The van der Waals surface area contributed by atoms with Gasteiger partial charge in [0, 0.05) is 0 Å². The zero-order chi connectivity index (χ0) is 6.41. The molecule has 0 saturated carbocycles. The van der Waals surface area contributed by atoms with Crippen LogP contribution in [0.3, 0.4) is 0 Å². The minimum Gasteiger partial charge on any atom is -0.465 e. The van der Waals surface area contributed by atoms with Crippen molar-refractivity contribution in [1.29, 1.82) is 0 Å². The van der Waals surface area contributed by atoms with Crippen LogP contribution in [-0.2, 0) is 14.3 Å². The second-order valence-electron chi connectivity index (χ2n) is 0.914. The first-order chi connectivity index (χ1) is 3.81. The second kappa shape index (κ2) is 3.88. The smallest absolute Gasteiger partial charge is 0.339 e. The predicted octanol–water partition coefficient (Wildman–Crippen LogP) is -0.298. The van der Waals surface area contributed by atoms with E-state index in [0.29, 0.717) is 0 Å². The molecule has 0 aliphatic heterocycles. The van der Waals surface area contributed by atoms with Crippen molar-refractivity contribution in [3.63, 3.8) is 0 Å². The summed E-state index contributed by atoms with van der Waals surface area (Å²) in [5.41, 5.74) is 1.89. The molecule has 0 atom stereocenters. The van der Waals surface area contributed by atoms with Gasteiger partial charge in [-0.15, -0.1) is 0 Å². The van der Waals surface area contributed by atoms with Gasteiger partial charge in [-0.1, -0.05) is 0 Å². The van der Waals surface area contributed by atoms with Gasteiger partial charge < -0.3 is 4.74 Å². The molecule has 0 amide bonds. The fraction of sp³-hybridized carbons (Fsp3) is 0.200. The van der Waals surface area contributed by atoms with E-state index in [1.807, 2.05) is 5.73 Å². The zero-order valence-electron chi connectivity index (χ0n) is 4.30. The number of carbonyl (C=O) groups excluding carboxylic acids is 2. The van der Waals surface area contributed by atoms with Gasteiger partial charge in [-0.2, -0.15) is 0 Å². The minimum absolute atomic E-state index is 0.603. The number of hydrogen-bond acceptors (Lipinski definition) is 3. The van der Waals surface area contributed by atoms with Gasteiger partial charge in [-0.05, 0) is 5.73 Å². The predicted molar refractivity (Wildman–Crippen MR) is 25.8 cm³/mol. The monoisotopic (exact) mass is 112 g/mol. The average molecular weight is 112 g/mol. The van der Waals surface area contributed by atoms with Crippen LogP contribution in [0.5, 0.6) is 0 Å². The van der Waals surface area contributed by atoms with Crippen LogP contribution in [0.1, 0.15) is 0 Å². The largest absolute Gasteiger partial charge is 0.465 e. The summed E-state index contributed by atoms with van der Waals surface area (Å²) in [6.07, 6.45) is 0.868. The Morgan fingerprint density at radius 2 is 2.38 bits per heavy atom. The third-order valence-electron chi connectivity index (χ3n) is 0.450. The Hall–Kier alpha value is -1.30. The first-order valence-corrected chi connectivity index (χ1v) is 1.85. The van der Waals surface area contributed by atoms with Gasteiger partial charge >= 0.3 is 5.97 Å². The molecule has 0 spiro atoms. The van der Waals surface area contributed by atoms with E-state index in [-0.39, 0.29) is 0 Å². The maximum absolute atomic E-state index is 10.1. The highest BCUT2D eigenvalue weighted by molar-refractivity contribution is 5.82. The molecular formula is C5H4O3. The number of methoxy groups -OCH3 is 1. The maximum atomic E-state index is 10.1. The van der Waals surface area contributed by atoms with Crippen LogP contribution in [0, 0.1) is 0 Å². The van der Waals surface area contributed by atoms with Crippen molar-refractivity contribution in [3.8, 4) is 0 Å². The topological polar surface area (TPSA) is 43.4 Å². The number of esters is 1. The van der Waals surface area contributed by atoms with Crippen molar-refractivity contribution in [2.75, 3.05) is 7.11 Å². The van der Waals surface area contributed by atoms with Crippen LogP contribution in [0.4, 0.5) is 0 Å². The first kappa shape index (κ1) is 6.70. The van der Waals surface area contributed by atoms with Crippen molar-refractivity contribution in [2.45, 2.75) is 0 Å². The molecule has 0 aliphatic carbocycles. The standard InChI is InChI=1S/C5H4O3/c1-8-5(7)3-2-4-6/h3H,1H3. The summed E-state index contributed by atoms with van der Waals surface area (Å²) in [4.78, 5) is 19.4. The average Bonchev–Trinajstić information content (AvgIpc) is 1.83. The van der Waals surface area contributed by atoms with Crippen molar-refractivity contribution < 1.29 is 14.3 Å². The van der Waals surface area contributed by atoms with Crippen molar-refractivity contribution in [1.82, 2.24) is 0 Å². The van der Waals surface area contributed by atoms with Gasteiger partial charge in [-0.3, -0.25) is 0 Å². The van der Waals surface area contributed by atoms with Crippen LogP contribution in [0.25, 0.3) is 0 Å². The second-order valence-corrected chi connectivity index (χ2v) is 0.914. The Balaban J connectivity index is 3.90. The van der Waals surface area contributed by atoms with E-state index in [2.05, 4.69) is 4.74 Å². The minimum atomic E-state index is -0.603.